The van der Waals surface area contributed by atoms with Crippen LogP contribution in [0.5, 0.6) is 0 Å². The van der Waals surface area contributed by atoms with E-state index < -0.39 is 5.60 Å². The van der Waals surface area contributed by atoms with Crippen LogP contribution in [0.1, 0.15) is 38.9 Å². The number of ether oxygens (including phenoxy) is 1. The fourth-order valence-electron chi connectivity index (χ4n) is 3.01. The van der Waals surface area contributed by atoms with Gasteiger partial charge in [0.15, 0.2) is 0 Å². The van der Waals surface area contributed by atoms with Gasteiger partial charge in [-0.25, -0.2) is 4.79 Å². The number of rotatable bonds is 2. The number of carbonyl (C=O) groups is 1. The van der Waals surface area contributed by atoms with Gasteiger partial charge in [-0.3, -0.25) is 4.68 Å². The monoisotopic (exact) mass is 395 g/mol. The molecule has 6 nitrogen and oxygen atoms in total. The van der Waals surface area contributed by atoms with E-state index in [0.717, 1.165) is 21.8 Å². The number of aromatic nitrogens is 2. The molecule has 7 heteroatoms. The highest BCUT2D eigenvalue weighted by atomic mass is 79.9. The Morgan fingerprint density at radius 1 is 1.46 bits per heavy atom. The van der Waals surface area contributed by atoms with Crippen LogP contribution in [0, 0.1) is 0 Å². The van der Waals surface area contributed by atoms with Crippen molar-refractivity contribution in [2.75, 3.05) is 13.1 Å². The van der Waals surface area contributed by atoms with Crippen molar-refractivity contribution in [1.82, 2.24) is 14.7 Å². The highest BCUT2D eigenvalue weighted by molar-refractivity contribution is 9.10. The molecule has 1 fully saturated rings. The van der Waals surface area contributed by atoms with Gasteiger partial charge in [-0.1, -0.05) is 15.9 Å². The van der Waals surface area contributed by atoms with E-state index in [4.69, 9.17) is 4.74 Å². The average Bonchev–Trinajstić information content (AvgIpc) is 3.09. The summed E-state index contributed by atoms with van der Waals surface area (Å²) in [5.74, 6) is 0. The Kier molecular flexibility index (Phi) is 4.57. The van der Waals surface area contributed by atoms with E-state index in [9.17, 15) is 9.90 Å². The molecule has 0 spiro atoms. The number of carbonyl (C=O) groups excluding carboxylic acids is 1. The minimum absolute atomic E-state index is 0.0847. The van der Waals surface area contributed by atoms with Crippen LogP contribution in [0.25, 0.3) is 10.9 Å². The third kappa shape index (κ3) is 3.42. The summed E-state index contributed by atoms with van der Waals surface area (Å²) in [4.78, 5) is 14.0. The third-order valence-corrected chi connectivity index (χ3v) is 4.55. The topological polar surface area (TPSA) is 67.6 Å². The second-order valence-corrected chi connectivity index (χ2v) is 8.00. The second-order valence-electron chi connectivity index (χ2n) is 7.08. The fraction of sp³-hybridized carbons (Fsp3) is 0.529. The lowest BCUT2D eigenvalue weighted by atomic mass is 10.2. The molecule has 1 N–H and O–H groups in total. The van der Waals surface area contributed by atoms with Crippen molar-refractivity contribution in [3.05, 3.63) is 28.4 Å². The van der Waals surface area contributed by atoms with E-state index in [1.54, 1.807) is 4.90 Å². The van der Waals surface area contributed by atoms with Crippen molar-refractivity contribution in [2.24, 2.45) is 0 Å². The molecule has 1 aliphatic heterocycles. The predicted molar refractivity (Wildman–Crippen MR) is 94.8 cm³/mol. The highest BCUT2D eigenvalue weighted by Crippen LogP contribution is 2.30. The second kappa shape index (κ2) is 6.37. The van der Waals surface area contributed by atoms with E-state index in [1.165, 1.54) is 0 Å². The van der Waals surface area contributed by atoms with Crippen LogP contribution < -0.4 is 0 Å². The molecule has 2 heterocycles. The number of hydrogen-bond acceptors (Lipinski definition) is 4. The predicted octanol–water partition coefficient (Wildman–Crippen LogP) is 3.47. The Hall–Kier alpha value is -1.60. The lowest BCUT2D eigenvalue weighted by molar-refractivity contribution is 0.0288. The molecular weight excluding hydrogens is 374 g/mol. The number of nitrogens with zero attached hydrogens (tertiary/aromatic N) is 3. The largest absolute Gasteiger partial charge is 0.444 e. The number of benzene rings is 1. The zero-order valence-corrected chi connectivity index (χ0v) is 15.7. The van der Waals surface area contributed by atoms with Crippen LogP contribution in [0.2, 0.25) is 0 Å². The summed E-state index contributed by atoms with van der Waals surface area (Å²) in [5, 5.41) is 15.1. The summed E-state index contributed by atoms with van der Waals surface area (Å²) in [5.41, 5.74) is 1.13. The quantitative estimate of drug-likeness (QED) is 0.844. The van der Waals surface area contributed by atoms with E-state index in [0.29, 0.717) is 18.8 Å². The molecule has 0 bridgehead atoms. The molecule has 2 aromatic rings. The Balaban J connectivity index is 1.84. The molecule has 1 saturated heterocycles. The van der Waals surface area contributed by atoms with E-state index in [2.05, 4.69) is 21.0 Å². The first kappa shape index (κ1) is 17.2. The molecule has 0 saturated carbocycles. The number of aliphatic hydroxyl groups is 1. The first-order chi connectivity index (χ1) is 11.3. The van der Waals surface area contributed by atoms with Crippen LogP contribution in [-0.2, 0) is 11.3 Å². The molecule has 1 aromatic carbocycles. The van der Waals surface area contributed by atoms with Crippen LogP contribution in [0.3, 0.4) is 0 Å². The molecule has 1 atom stereocenters. The molecule has 0 aliphatic carbocycles. The summed E-state index contributed by atoms with van der Waals surface area (Å²) in [7, 11) is 0. The van der Waals surface area contributed by atoms with Gasteiger partial charge in [0.05, 0.1) is 23.9 Å². The molecule has 0 unspecified atom stereocenters. The Morgan fingerprint density at radius 3 is 2.88 bits per heavy atom. The normalized spacial score (nSPS) is 18.4. The highest BCUT2D eigenvalue weighted by Gasteiger charge is 2.32. The van der Waals surface area contributed by atoms with Crippen molar-refractivity contribution in [2.45, 2.75) is 45.4 Å². The van der Waals surface area contributed by atoms with Crippen LogP contribution >= 0.6 is 15.9 Å². The van der Waals surface area contributed by atoms with Crippen molar-refractivity contribution in [1.29, 1.82) is 0 Å². The Morgan fingerprint density at radius 2 is 2.21 bits per heavy atom. The summed E-state index contributed by atoms with van der Waals surface area (Å²) in [6, 6.07) is 6.00. The van der Waals surface area contributed by atoms with Gasteiger partial charge in [0.25, 0.3) is 0 Å². The van der Waals surface area contributed by atoms with Gasteiger partial charge in [-0.15, -0.1) is 0 Å². The van der Waals surface area contributed by atoms with E-state index in [-0.39, 0.29) is 18.7 Å². The molecule has 1 aliphatic rings. The molecule has 130 valence electrons. The van der Waals surface area contributed by atoms with Crippen molar-refractivity contribution < 1.29 is 14.6 Å². The zero-order chi connectivity index (χ0) is 17.5. The number of hydrogen-bond donors (Lipinski definition) is 1. The number of likely N-dealkylation sites (tertiary alicyclic amines) is 1. The number of amides is 1. The molecular formula is C17H22BrN3O3. The van der Waals surface area contributed by atoms with Crippen molar-refractivity contribution in [3.8, 4) is 0 Å². The molecule has 0 radical (unpaired) electrons. The number of halogens is 1. The van der Waals surface area contributed by atoms with Gasteiger partial charge in [-0.2, -0.15) is 5.10 Å². The number of fused-ring (bicyclic) bond motifs is 1. The summed E-state index contributed by atoms with van der Waals surface area (Å²) >= 11 is 3.46. The zero-order valence-electron chi connectivity index (χ0n) is 14.1. The average molecular weight is 396 g/mol. The van der Waals surface area contributed by atoms with Gasteiger partial charge >= 0.3 is 6.09 Å². The third-order valence-electron chi connectivity index (χ3n) is 4.06. The van der Waals surface area contributed by atoms with Gasteiger partial charge in [-0.05, 0) is 45.4 Å². The standard InChI is InChI=1S/C17H22BrN3O3/c1-17(2,3)24-16(23)20-7-6-12(9-20)21-15-5-4-11(18)8-13(15)14(10-22)19-21/h4-5,8,12,22H,6-7,9-10H2,1-3H3/t12-/m0/s1. The first-order valence-electron chi connectivity index (χ1n) is 8.04. The lowest BCUT2D eigenvalue weighted by Crippen LogP contribution is -2.35. The van der Waals surface area contributed by atoms with Crippen molar-refractivity contribution >= 4 is 32.9 Å². The molecule has 1 amide bonds. The van der Waals surface area contributed by atoms with Crippen LogP contribution in [-0.4, -0.2) is 44.6 Å². The maximum atomic E-state index is 12.2. The summed E-state index contributed by atoms with van der Waals surface area (Å²) in [6.45, 7) is 6.70. The minimum atomic E-state index is -0.496. The molecule has 1 aromatic heterocycles. The Bertz CT molecular complexity index is 766. The fourth-order valence-corrected chi connectivity index (χ4v) is 3.37. The first-order valence-corrected chi connectivity index (χ1v) is 8.83. The van der Waals surface area contributed by atoms with Gasteiger partial charge in [0.2, 0.25) is 0 Å². The van der Waals surface area contributed by atoms with Gasteiger partial charge in [0, 0.05) is 22.9 Å². The van der Waals surface area contributed by atoms with Crippen molar-refractivity contribution in [3.63, 3.8) is 0 Å². The van der Waals surface area contributed by atoms with Gasteiger partial charge in [0.1, 0.15) is 5.60 Å². The molecule has 24 heavy (non-hydrogen) atoms. The Labute approximate surface area is 149 Å². The summed E-state index contributed by atoms with van der Waals surface area (Å²) in [6.07, 6.45) is 0.531. The molecule has 3 rings (SSSR count). The van der Waals surface area contributed by atoms with E-state index in [1.807, 2.05) is 43.7 Å². The van der Waals surface area contributed by atoms with Crippen LogP contribution in [0.15, 0.2) is 22.7 Å². The number of aliphatic hydroxyl groups excluding tert-OH is 1. The SMILES string of the molecule is CC(C)(C)OC(=O)N1CC[C@H](n2nc(CO)c3cc(Br)ccc32)C1. The van der Waals surface area contributed by atoms with Crippen LogP contribution in [0.4, 0.5) is 4.79 Å². The van der Waals surface area contributed by atoms with E-state index >= 15 is 0 Å². The summed E-state index contributed by atoms with van der Waals surface area (Å²) < 4.78 is 8.32. The minimum Gasteiger partial charge on any atom is -0.444 e. The smallest absolute Gasteiger partial charge is 0.410 e. The van der Waals surface area contributed by atoms with Gasteiger partial charge < -0.3 is 14.7 Å². The lowest BCUT2D eigenvalue weighted by Gasteiger charge is -2.24. The maximum Gasteiger partial charge on any atom is 0.410 e. The maximum absolute atomic E-state index is 12.2.